The number of alkyl halides is 3. The van der Waals surface area contributed by atoms with Crippen molar-refractivity contribution in [2.45, 2.75) is 18.4 Å². The Morgan fingerprint density at radius 3 is 2.24 bits per heavy atom. The average molecular weight is 316 g/mol. The number of nitrogens with one attached hydrogen (secondary N) is 1. The Balaban J connectivity index is 2.14. The fourth-order valence-electron chi connectivity index (χ4n) is 1.66. The first-order valence-electron chi connectivity index (χ1n) is 5.80. The van der Waals surface area contributed by atoms with E-state index in [1.54, 1.807) is 18.3 Å². The quantitative estimate of drug-likeness (QED) is 0.599. The maximum absolute atomic E-state index is 12.4. The molecule has 0 spiro atoms. The van der Waals surface area contributed by atoms with Gasteiger partial charge in [0.05, 0.1) is 6.42 Å². The lowest BCUT2D eigenvalue weighted by Crippen LogP contribution is -2.46. The highest BCUT2D eigenvalue weighted by Crippen LogP contribution is 2.32. The molecule has 0 fully saturated rings. The van der Waals surface area contributed by atoms with Crippen LogP contribution in [0.3, 0.4) is 0 Å². The number of hydrogen-bond acceptors (Lipinski definition) is 5. The van der Waals surface area contributed by atoms with E-state index in [9.17, 15) is 13.2 Å². The van der Waals surface area contributed by atoms with Crippen LogP contribution in [-0.4, -0.2) is 32.3 Å². The molecule has 1 aromatic carbocycles. The molecule has 21 heavy (non-hydrogen) atoms. The van der Waals surface area contributed by atoms with E-state index in [0.717, 1.165) is 11.1 Å². The van der Waals surface area contributed by atoms with Crippen LogP contribution in [0.2, 0.25) is 0 Å². The van der Waals surface area contributed by atoms with Gasteiger partial charge in [-0.15, -0.1) is 0 Å². The monoisotopic (exact) mass is 316 g/mol. The van der Waals surface area contributed by atoms with Gasteiger partial charge in [-0.05, 0) is 22.7 Å². The van der Waals surface area contributed by atoms with Crippen molar-refractivity contribution in [1.82, 2.24) is 4.37 Å². The summed E-state index contributed by atoms with van der Waals surface area (Å²) in [5.74, 6) is -3.90. The summed E-state index contributed by atoms with van der Waals surface area (Å²) in [6.07, 6.45) is -4.78. The normalized spacial score (nSPS) is 12.4. The van der Waals surface area contributed by atoms with Gasteiger partial charge in [-0.1, -0.05) is 24.3 Å². The summed E-state index contributed by atoms with van der Waals surface area (Å²) >= 11 is 1.27. The number of hydrogen-bond donors (Lipinski definition) is 3. The highest BCUT2D eigenvalue weighted by atomic mass is 32.1. The Labute approximate surface area is 122 Å². The van der Waals surface area contributed by atoms with E-state index >= 15 is 0 Å². The van der Waals surface area contributed by atoms with Crippen LogP contribution in [0.5, 0.6) is 0 Å². The van der Waals surface area contributed by atoms with Crippen molar-refractivity contribution in [3.63, 3.8) is 0 Å². The summed E-state index contributed by atoms with van der Waals surface area (Å²) in [7, 11) is 0. The van der Waals surface area contributed by atoms with Gasteiger partial charge in [0.2, 0.25) is 0 Å². The molecule has 112 valence electrons. The van der Waals surface area contributed by atoms with E-state index in [4.69, 9.17) is 15.6 Å². The second-order valence-electron chi connectivity index (χ2n) is 4.46. The Kier molecular flexibility index (Phi) is 4.13. The first-order chi connectivity index (χ1) is 9.71. The van der Waals surface area contributed by atoms with Gasteiger partial charge < -0.3 is 15.6 Å². The molecule has 0 amide bonds. The van der Waals surface area contributed by atoms with Crippen LogP contribution in [0.4, 0.5) is 13.2 Å². The van der Waals surface area contributed by atoms with Crippen molar-refractivity contribution in [3.8, 4) is 11.1 Å². The van der Waals surface area contributed by atoms with E-state index in [0.29, 0.717) is 0 Å². The van der Waals surface area contributed by atoms with Crippen molar-refractivity contribution in [1.29, 1.82) is 5.41 Å². The zero-order chi connectivity index (χ0) is 15.7. The fraction of sp³-hybridized carbons (Fsp3) is 0.231. The van der Waals surface area contributed by atoms with Crippen molar-refractivity contribution in [2.24, 2.45) is 0 Å². The molecule has 0 bridgehead atoms. The molecular weight excluding hydrogens is 305 g/mol. The SMILES string of the molecule is N=C(CC(O)(O)C(F)(F)F)c1ccc(-c2cnsc2)cc1. The third kappa shape index (κ3) is 3.46. The number of benzene rings is 1. The molecule has 2 rings (SSSR count). The van der Waals surface area contributed by atoms with Crippen LogP contribution >= 0.6 is 11.5 Å². The molecule has 0 radical (unpaired) electrons. The molecular formula is C13H11F3N2O2S. The average Bonchev–Trinajstić information content (AvgIpc) is 2.91. The van der Waals surface area contributed by atoms with Crippen LogP contribution in [0.15, 0.2) is 35.8 Å². The van der Waals surface area contributed by atoms with Gasteiger partial charge in [0.1, 0.15) is 0 Å². The van der Waals surface area contributed by atoms with Crippen LogP contribution < -0.4 is 0 Å². The smallest absolute Gasteiger partial charge is 0.358 e. The Bertz CT molecular complexity index is 622. The van der Waals surface area contributed by atoms with E-state index in [1.807, 2.05) is 5.38 Å². The lowest BCUT2D eigenvalue weighted by Gasteiger charge is -2.24. The number of halogens is 3. The summed E-state index contributed by atoms with van der Waals surface area (Å²) in [5.41, 5.74) is 1.37. The lowest BCUT2D eigenvalue weighted by molar-refractivity contribution is -0.344. The van der Waals surface area contributed by atoms with Gasteiger partial charge in [0, 0.05) is 22.9 Å². The molecule has 0 atom stereocenters. The number of aliphatic hydroxyl groups is 2. The highest BCUT2D eigenvalue weighted by molar-refractivity contribution is 7.03. The van der Waals surface area contributed by atoms with Crippen LogP contribution in [-0.2, 0) is 0 Å². The summed E-state index contributed by atoms with van der Waals surface area (Å²) < 4.78 is 41.0. The molecule has 1 heterocycles. The molecule has 0 aliphatic heterocycles. The van der Waals surface area contributed by atoms with E-state index in [2.05, 4.69) is 4.37 Å². The summed E-state index contributed by atoms with van der Waals surface area (Å²) in [6.45, 7) is 0. The van der Waals surface area contributed by atoms with E-state index in [1.165, 1.54) is 23.7 Å². The molecule has 0 aliphatic rings. The molecule has 1 aromatic heterocycles. The zero-order valence-corrected chi connectivity index (χ0v) is 11.4. The third-order valence-corrected chi connectivity index (χ3v) is 3.46. The summed E-state index contributed by atoms with van der Waals surface area (Å²) in [4.78, 5) is 0. The predicted octanol–water partition coefficient (Wildman–Crippen LogP) is 2.81. The third-order valence-electron chi connectivity index (χ3n) is 2.88. The second kappa shape index (κ2) is 5.55. The van der Waals surface area contributed by atoms with Gasteiger partial charge in [-0.25, -0.2) is 4.37 Å². The first kappa shape index (κ1) is 15.6. The molecule has 2 aromatic rings. The number of nitrogens with zero attached hydrogens (tertiary/aromatic N) is 1. The second-order valence-corrected chi connectivity index (χ2v) is 5.12. The minimum Gasteiger partial charge on any atom is -0.358 e. The summed E-state index contributed by atoms with van der Waals surface area (Å²) in [6, 6.07) is 6.19. The predicted molar refractivity (Wildman–Crippen MR) is 72.2 cm³/mol. The lowest BCUT2D eigenvalue weighted by atomic mass is 9.99. The van der Waals surface area contributed by atoms with Crippen molar-refractivity contribution >= 4 is 17.2 Å². The molecule has 0 unspecified atom stereocenters. The van der Waals surface area contributed by atoms with Crippen molar-refractivity contribution < 1.29 is 23.4 Å². The van der Waals surface area contributed by atoms with E-state index in [-0.39, 0.29) is 5.56 Å². The van der Waals surface area contributed by atoms with Gasteiger partial charge in [0.15, 0.2) is 0 Å². The van der Waals surface area contributed by atoms with Gasteiger partial charge in [-0.2, -0.15) is 13.2 Å². The van der Waals surface area contributed by atoms with Crippen molar-refractivity contribution in [2.75, 3.05) is 0 Å². The molecule has 4 nitrogen and oxygen atoms in total. The van der Waals surface area contributed by atoms with Gasteiger partial charge in [-0.3, -0.25) is 0 Å². The first-order valence-corrected chi connectivity index (χ1v) is 6.63. The minimum atomic E-state index is -5.21. The molecule has 3 N–H and O–H groups in total. The number of rotatable bonds is 4. The zero-order valence-electron chi connectivity index (χ0n) is 10.6. The maximum Gasteiger partial charge on any atom is 0.443 e. The highest BCUT2D eigenvalue weighted by Gasteiger charge is 2.53. The van der Waals surface area contributed by atoms with Gasteiger partial charge in [0.25, 0.3) is 5.79 Å². The van der Waals surface area contributed by atoms with Crippen LogP contribution in [0.25, 0.3) is 11.1 Å². The molecule has 0 aliphatic carbocycles. The topological polar surface area (TPSA) is 77.2 Å². The van der Waals surface area contributed by atoms with Crippen LogP contribution in [0, 0.1) is 5.41 Å². The molecule has 0 saturated heterocycles. The minimum absolute atomic E-state index is 0.193. The Morgan fingerprint density at radius 2 is 1.76 bits per heavy atom. The van der Waals surface area contributed by atoms with Gasteiger partial charge >= 0.3 is 6.18 Å². The van der Waals surface area contributed by atoms with Crippen molar-refractivity contribution in [3.05, 3.63) is 41.4 Å². The largest absolute Gasteiger partial charge is 0.443 e. The maximum atomic E-state index is 12.4. The standard InChI is InChI=1S/C13H11F3N2O2S/c14-13(15,16)12(19,20)5-11(17)9-3-1-8(2-4-9)10-6-18-21-7-10/h1-4,6-7,17,19-20H,5H2. The summed E-state index contributed by atoms with van der Waals surface area (Å²) in [5, 5.41) is 27.3. The Hall–Kier alpha value is -1.77. The van der Waals surface area contributed by atoms with Crippen LogP contribution in [0.1, 0.15) is 12.0 Å². The molecule has 8 heteroatoms. The van der Waals surface area contributed by atoms with E-state index < -0.39 is 24.1 Å². The fourth-order valence-corrected chi connectivity index (χ4v) is 2.21. The number of aromatic nitrogens is 1. The Morgan fingerprint density at radius 1 is 1.14 bits per heavy atom. The molecule has 0 saturated carbocycles.